The summed E-state index contributed by atoms with van der Waals surface area (Å²) >= 11 is 0. The Labute approximate surface area is 164 Å². The number of hydrogen-bond acceptors (Lipinski definition) is 4. The van der Waals surface area contributed by atoms with E-state index in [1.807, 2.05) is 45.1 Å². The molecule has 0 saturated carbocycles. The van der Waals surface area contributed by atoms with Gasteiger partial charge in [-0.1, -0.05) is 57.2 Å². The van der Waals surface area contributed by atoms with Gasteiger partial charge in [-0.05, 0) is 17.5 Å². The van der Waals surface area contributed by atoms with Crippen molar-refractivity contribution in [1.82, 2.24) is 9.21 Å². The molecule has 6 nitrogen and oxygen atoms in total. The molecule has 3 aliphatic rings. The molecule has 2 aliphatic heterocycles. The topological polar surface area (TPSA) is 74.8 Å². The molecule has 28 heavy (non-hydrogen) atoms. The van der Waals surface area contributed by atoms with Gasteiger partial charge in [-0.2, -0.15) is 0 Å². The monoisotopic (exact) mass is 398 g/mol. The number of amides is 2. The Balaban J connectivity index is 1.92. The van der Waals surface area contributed by atoms with Gasteiger partial charge in [0.1, 0.15) is 0 Å². The van der Waals surface area contributed by atoms with Crippen LogP contribution in [0.25, 0.3) is 0 Å². The molecule has 0 aromatic heterocycles. The van der Waals surface area contributed by atoms with Gasteiger partial charge in [-0.3, -0.25) is 13.9 Å². The summed E-state index contributed by atoms with van der Waals surface area (Å²) in [7, 11) is -3.66. The number of allylic oxidation sites excluding steroid dienone is 2. The van der Waals surface area contributed by atoms with Crippen LogP contribution >= 0.6 is 0 Å². The van der Waals surface area contributed by atoms with Crippen molar-refractivity contribution in [3.05, 3.63) is 71.6 Å². The average Bonchev–Trinajstić information content (AvgIpc) is 3.09. The fraction of sp³-hybridized carbons (Fsp3) is 0.333. The van der Waals surface area contributed by atoms with Crippen molar-refractivity contribution >= 4 is 21.8 Å². The van der Waals surface area contributed by atoms with Gasteiger partial charge in [0.15, 0.2) is 0 Å². The van der Waals surface area contributed by atoms with Crippen molar-refractivity contribution < 1.29 is 18.0 Å². The zero-order valence-corrected chi connectivity index (χ0v) is 17.0. The van der Waals surface area contributed by atoms with E-state index in [1.54, 1.807) is 24.3 Å². The van der Waals surface area contributed by atoms with Crippen molar-refractivity contribution in [2.24, 2.45) is 11.3 Å². The van der Waals surface area contributed by atoms with E-state index in [2.05, 4.69) is 0 Å². The van der Waals surface area contributed by atoms with E-state index in [4.69, 9.17) is 0 Å². The molecular formula is C21H22N2O4S. The second kappa shape index (κ2) is 5.67. The number of carbonyl (C=O) groups excluding carboxylic acids is 2. The summed E-state index contributed by atoms with van der Waals surface area (Å²) in [6.45, 7) is 5.88. The molecule has 7 heteroatoms. The zero-order valence-electron chi connectivity index (χ0n) is 16.2. The van der Waals surface area contributed by atoms with Crippen LogP contribution in [0, 0.1) is 11.3 Å². The van der Waals surface area contributed by atoms with Crippen molar-refractivity contribution in [2.75, 3.05) is 6.26 Å². The van der Waals surface area contributed by atoms with E-state index in [9.17, 15) is 18.0 Å². The number of rotatable bonds is 2. The lowest BCUT2D eigenvalue weighted by molar-refractivity contribution is 0.0666. The van der Waals surface area contributed by atoms with Crippen LogP contribution in [0.3, 0.4) is 0 Å². The molecule has 1 aliphatic carbocycles. The third-order valence-electron chi connectivity index (χ3n) is 5.78. The van der Waals surface area contributed by atoms with E-state index in [1.165, 1.54) is 10.5 Å². The fourth-order valence-electron chi connectivity index (χ4n) is 4.51. The molecule has 1 aromatic rings. The van der Waals surface area contributed by atoms with E-state index in [0.29, 0.717) is 16.8 Å². The summed E-state index contributed by atoms with van der Waals surface area (Å²) < 4.78 is 26.7. The smallest absolute Gasteiger partial charge is 0.265 e. The molecule has 2 amide bonds. The number of sulfonamides is 1. The highest BCUT2D eigenvalue weighted by molar-refractivity contribution is 7.88. The Kier molecular flexibility index (Phi) is 3.78. The Hall–Kier alpha value is -2.67. The summed E-state index contributed by atoms with van der Waals surface area (Å²) in [5.41, 5.74) is -0.392. The van der Waals surface area contributed by atoms with Crippen LogP contribution in [0.15, 0.2) is 60.5 Å². The highest BCUT2D eigenvalue weighted by Crippen LogP contribution is 2.54. The Morgan fingerprint density at radius 2 is 1.57 bits per heavy atom. The van der Waals surface area contributed by atoms with Crippen molar-refractivity contribution in [2.45, 2.75) is 26.3 Å². The first-order chi connectivity index (χ1) is 13.0. The molecule has 0 N–H and O–H groups in total. The summed E-state index contributed by atoms with van der Waals surface area (Å²) in [5.74, 6) is -1.31. The van der Waals surface area contributed by atoms with Crippen LogP contribution in [-0.2, 0) is 10.0 Å². The quantitative estimate of drug-likeness (QED) is 0.718. The lowest BCUT2D eigenvalue weighted by atomic mass is 9.65. The van der Waals surface area contributed by atoms with Crippen molar-refractivity contribution in [1.29, 1.82) is 0 Å². The summed E-state index contributed by atoms with van der Waals surface area (Å²) in [5, 5.41) is 0. The van der Waals surface area contributed by atoms with Crippen LogP contribution in [0.1, 0.15) is 41.5 Å². The molecule has 0 bridgehead atoms. The highest BCUT2D eigenvalue weighted by Gasteiger charge is 2.59. The number of fused-ring (bicyclic) bond motifs is 2. The van der Waals surface area contributed by atoms with Gasteiger partial charge in [0.05, 0.1) is 28.6 Å². The van der Waals surface area contributed by atoms with Crippen LogP contribution in [-0.4, -0.2) is 41.2 Å². The molecular weight excluding hydrogens is 376 g/mol. The van der Waals surface area contributed by atoms with Crippen LogP contribution < -0.4 is 0 Å². The third-order valence-corrected chi connectivity index (χ3v) is 6.91. The standard InChI is InChI=1S/C21H22N2O4S/c1-20(2,3)21-12-8-7-11-16(21)17(13-22(21)28(4,26)27)23-18(24)14-9-5-6-10-15(14)19(23)25/h5-13,16H,1-4H3/t16-,21-/m0/s1. The Bertz CT molecular complexity index is 1060. The van der Waals surface area contributed by atoms with Gasteiger partial charge >= 0.3 is 0 Å². The summed E-state index contributed by atoms with van der Waals surface area (Å²) in [6.07, 6.45) is 9.97. The molecule has 0 saturated heterocycles. The molecule has 1 aromatic carbocycles. The maximum atomic E-state index is 13.0. The molecule has 0 unspecified atom stereocenters. The highest BCUT2D eigenvalue weighted by atomic mass is 32.2. The summed E-state index contributed by atoms with van der Waals surface area (Å²) in [6, 6.07) is 6.66. The summed E-state index contributed by atoms with van der Waals surface area (Å²) in [4.78, 5) is 27.2. The average molecular weight is 398 g/mol. The van der Waals surface area contributed by atoms with Gasteiger partial charge in [0.25, 0.3) is 11.8 Å². The first-order valence-corrected chi connectivity index (χ1v) is 10.9. The predicted octanol–water partition coefficient (Wildman–Crippen LogP) is 2.93. The SMILES string of the molecule is CC(C)(C)[C@]12C=CC=C[C@H]1C(N1C(=O)c3ccccc3C1=O)=CN2S(C)(=O)=O. The van der Waals surface area contributed by atoms with E-state index in [0.717, 1.165) is 11.2 Å². The minimum atomic E-state index is -3.66. The second-order valence-corrected chi connectivity index (χ2v) is 10.3. The minimum absolute atomic E-state index is 0.336. The lowest BCUT2D eigenvalue weighted by Crippen LogP contribution is -2.58. The van der Waals surface area contributed by atoms with Crippen LogP contribution in [0.2, 0.25) is 0 Å². The number of imide groups is 1. The Morgan fingerprint density at radius 1 is 1.00 bits per heavy atom. The zero-order chi connectivity index (χ0) is 20.5. The van der Waals surface area contributed by atoms with Gasteiger partial charge in [0, 0.05) is 12.1 Å². The van der Waals surface area contributed by atoms with Crippen molar-refractivity contribution in [3.63, 3.8) is 0 Å². The Morgan fingerprint density at radius 3 is 2.07 bits per heavy atom. The number of hydrogen-bond donors (Lipinski definition) is 0. The maximum Gasteiger partial charge on any atom is 0.265 e. The molecule has 2 atom stereocenters. The van der Waals surface area contributed by atoms with E-state index in [-0.39, 0.29) is 0 Å². The van der Waals surface area contributed by atoms with Crippen LogP contribution in [0.5, 0.6) is 0 Å². The fourth-order valence-corrected chi connectivity index (χ4v) is 5.80. The lowest BCUT2D eigenvalue weighted by Gasteiger charge is -2.50. The van der Waals surface area contributed by atoms with Gasteiger partial charge < -0.3 is 0 Å². The number of benzene rings is 1. The molecule has 0 fully saturated rings. The largest absolute Gasteiger partial charge is 0.268 e. The molecule has 146 valence electrons. The maximum absolute atomic E-state index is 13.0. The van der Waals surface area contributed by atoms with Crippen molar-refractivity contribution in [3.8, 4) is 0 Å². The van der Waals surface area contributed by atoms with E-state index >= 15 is 0 Å². The normalized spacial score (nSPS) is 26.6. The van der Waals surface area contributed by atoms with Gasteiger partial charge in [-0.25, -0.2) is 13.3 Å². The van der Waals surface area contributed by atoms with Gasteiger partial charge in [0.2, 0.25) is 10.0 Å². The second-order valence-electron chi connectivity index (χ2n) is 8.40. The molecule has 4 rings (SSSR count). The molecule has 0 radical (unpaired) electrons. The van der Waals surface area contributed by atoms with Gasteiger partial charge in [-0.15, -0.1) is 0 Å². The molecule has 2 heterocycles. The predicted molar refractivity (Wildman–Crippen MR) is 106 cm³/mol. The minimum Gasteiger partial charge on any atom is -0.268 e. The third kappa shape index (κ3) is 2.29. The first kappa shape index (κ1) is 18.7. The number of nitrogens with zero attached hydrogens (tertiary/aromatic N) is 2. The number of carbonyl (C=O) groups is 2. The van der Waals surface area contributed by atoms with Crippen LogP contribution in [0.4, 0.5) is 0 Å². The van der Waals surface area contributed by atoms with E-state index < -0.39 is 38.7 Å². The first-order valence-electron chi connectivity index (χ1n) is 9.05. The molecule has 0 spiro atoms.